The van der Waals surface area contributed by atoms with E-state index in [1.165, 1.54) is 64.9 Å². The van der Waals surface area contributed by atoms with Crippen molar-refractivity contribution in [3.63, 3.8) is 0 Å². The molecule has 7 nitrogen and oxygen atoms in total. The molecule has 0 aliphatic heterocycles. The number of ether oxygens (including phenoxy) is 3. The lowest BCUT2D eigenvalue weighted by molar-refractivity contribution is -0.183. The predicted octanol–water partition coefficient (Wildman–Crippen LogP) is 6.71. The summed E-state index contributed by atoms with van der Waals surface area (Å²) in [7, 11) is 1.20. The van der Waals surface area contributed by atoms with Gasteiger partial charge in [-0.1, -0.05) is 83.5 Å². The lowest BCUT2D eigenvalue weighted by Gasteiger charge is -2.28. The Kier molecular flexibility index (Phi) is 15.9. The number of rotatable bonds is 7. The third kappa shape index (κ3) is 13.6. The van der Waals surface area contributed by atoms with Crippen LogP contribution >= 0.6 is 0 Å². The maximum atomic E-state index is 13.2. The van der Waals surface area contributed by atoms with Gasteiger partial charge < -0.3 is 19.3 Å². The first-order chi connectivity index (χ1) is 17.9. The van der Waals surface area contributed by atoms with Crippen LogP contribution in [0.4, 0.5) is 0 Å². The molecule has 1 N–H and O–H groups in total. The van der Waals surface area contributed by atoms with Gasteiger partial charge in [-0.3, -0.25) is 9.59 Å². The fourth-order valence-electron chi connectivity index (χ4n) is 5.56. The van der Waals surface area contributed by atoms with Gasteiger partial charge >= 0.3 is 17.9 Å². The van der Waals surface area contributed by atoms with E-state index in [-0.39, 0.29) is 12.2 Å². The van der Waals surface area contributed by atoms with Crippen molar-refractivity contribution < 1.29 is 33.7 Å². The number of carbonyl (C=O) groups is 3. The third-order valence-corrected chi connectivity index (χ3v) is 7.91. The maximum Gasteiger partial charge on any atom is 0.339 e. The molecule has 0 aromatic rings. The first-order valence-electron chi connectivity index (χ1n) is 15.1. The Bertz CT molecular complexity index is 640. The molecule has 1 atom stereocenters. The molecule has 0 aromatic heterocycles. The number of hydrogen-bond acceptors (Lipinski definition) is 7. The van der Waals surface area contributed by atoms with E-state index in [0.717, 1.165) is 77.0 Å². The molecule has 0 bridgehead atoms. The Morgan fingerprint density at radius 1 is 0.568 bits per heavy atom. The quantitative estimate of drug-likeness (QED) is 0.292. The van der Waals surface area contributed by atoms with Gasteiger partial charge in [0.2, 0.25) is 0 Å². The Labute approximate surface area is 224 Å². The highest BCUT2D eigenvalue weighted by Gasteiger charge is 2.44. The molecule has 0 amide bonds. The third-order valence-electron chi connectivity index (χ3n) is 7.91. The van der Waals surface area contributed by atoms with Crippen molar-refractivity contribution >= 4 is 17.9 Å². The van der Waals surface area contributed by atoms with Crippen LogP contribution in [0.1, 0.15) is 148 Å². The number of carbonyl (C=O) groups excluding carboxylic acids is 3. The van der Waals surface area contributed by atoms with Gasteiger partial charge in [-0.05, 0) is 51.4 Å². The lowest BCUT2D eigenvalue weighted by atomic mass is 9.95. The van der Waals surface area contributed by atoms with Crippen LogP contribution in [0.25, 0.3) is 0 Å². The van der Waals surface area contributed by atoms with Crippen molar-refractivity contribution in [3.8, 4) is 0 Å². The van der Waals surface area contributed by atoms with Crippen LogP contribution in [-0.2, 0) is 28.6 Å². The molecular weight excluding hydrogens is 472 g/mol. The summed E-state index contributed by atoms with van der Waals surface area (Å²) in [5, 5.41) is 11.3. The van der Waals surface area contributed by atoms with E-state index in [9.17, 15) is 19.5 Å². The average molecular weight is 525 g/mol. The zero-order chi connectivity index (χ0) is 26.8. The number of aliphatic hydroxyl groups is 1. The fourth-order valence-corrected chi connectivity index (χ4v) is 5.56. The standard InChI is InChI=1S/C30H52O7/c1-35-27(31)23-30(34,29(33)37-26-21-17-13-9-5-6-10-14-18-22-26)24-28(32)36-25-19-15-11-7-3-2-4-8-12-16-20-25/h25-26,34H,2-24H2,1H3. The van der Waals surface area contributed by atoms with E-state index in [4.69, 9.17) is 14.2 Å². The second-order valence-electron chi connectivity index (χ2n) is 11.3. The molecule has 2 aliphatic rings. The summed E-state index contributed by atoms with van der Waals surface area (Å²) in [5.41, 5.74) is -2.29. The highest BCUT2D eigenvalue weighted by molar-refractivity contribution is 5.90. The van der Waals surface area contributed by atoms with E-state index in [2.05, 4.69) is 0 Å². The molecule has 0 heterocycles. The molecule has 2 rings (SSSR count). The molecule has 1 unspecified atom stereocenters. The van der Waals surface area contributed by atoms with Crippen LogP contribution in [-0.4, -0.2) is 47.9 Å². The van der Waals surface area contributed by atoms with Crippen LogP contribution in [0.2, 0.25) is 0 Å². The monoisotopic (exact) mass is 524 g/mol. The van der Waals surface area contributed by atoms with E-state index in [0.29, 0.717) is 0 Å². The van der Waals surface area contributed by atoms with Crippen LogP contribution in [0, 0.1) is 0 Å². The molecule has 0 radical (unpaired) electrons. The van der Waals surface area contributed by atoms with Gasteiger partial charge in [-0.2, -0.15) is 0 Å². The molecule has 0 saturated heterocycles. The molecule has 214 valence electrons. The number of methoxy groups -OCH3 is 1. The average Bonchev–Trinajstić information content (AvgIpc) is 2.91. The smallest absolute Gasteiger partial charge is 0.339 e. The minimum atomic E-state index is -2.29. The normalized spacial score (nSPS) is 22.2. The Balaban J connectivity index is 2.00. The van der Waals surface area contributed by atoms with E-state index >= 15 is 0 Å². The van der Waals surface area contributed by atoms with E-state index in [1.807, 2.05) is 0 Å². The highest BCUT2D eigenvalue weighted by atomic mass is 16.6. The van der Waals surface area contributed by atoms with Gasteiger partial charge in [0.25, 0.3) is 0 Å². The largest absolute Gasteiger partial charge is 0.469 e. The van der Waals surface area contributed by atoms with E-state index < -0.39 is 36.4 Å². The Morgan fingerprint density at radius 2 is 0.892 bits per heavy atom. The first-order valence-corrected chi connectivity index (χ1v) is 15.1. The number of esters is 3. The molecule has 0 aromatic carbocycles. The van der Waals surface area contributed by atoms with Crippen LogP contribution in [0.5, 0.6) is 0 Å². The van der Waals surface area contributed by atoms with Crippen molar-refractivity contribution in [1.29, 1.82) is 0 Å². The second kappa shape index (κ2) is 18.6. The molecular formula is C30H52O7. The zero-order valence-corrected chi connectivity index (χ0v) is 23.3. The lowest BCUT2D eigenvalue weighted by Crippen LogP contribution is -2.46. The van der Waals surface area contributed by atoms with Crippen molar-refractivity contribution in [1.82, 2.24) is 0 Å². The van der Waals surface area contributed by atoms with Crippen LogP contribution in [0.3, 0.4) is 0 Å². The molecule has 37 heavy (non-hydrogen) atoms. The molecule has 2 aliphatic carbocycles. The summed E-state index contributed by atoms with van der Waals surface area (Å²) in [4.78, 5) is 38.2. The summed E-state index contributed by atoms with van der Waals surface area (Å²) in [5.74, 6) is -2.35. The Hall–Kier alpha value is -1.63. The van der Waals surface area contributed by atoms with Gasteiger partial charge in [0.15, 0.2) is 5.60 Å². The number of hydrogen-bond donors (Lipinski definition) is 1. The maximum absolute atomic E-state index is 13.2. The summed E-state index contributed by atoms with van der Waals surface area (Å²) in [6, 6.07) is 0. The van der Waals surface area contributed by atoms with Gasteiger partial charge in [-0.15, -0.1) is 0 Å². The molecule has 2 fully saturated rings. The molecule has 0 spiro atoms. The van der Waals surface area contributed by atoms with Gasteiger partial charge in [-0.25, -0.2) is 4.79 Å². The highest BCUT2D eigenvalue weighted by Crippen LogP contribution is 2.26. The van der Waals surface area contributed by atoms with Crippen molar-refractivity contribution in [2.75, 3.05) is 7.11 Å². The minimum absolute atomic E-state index is 0.229. The van der Waals surface area contributed by atoms with E-state index in [1.54, 1.807) is 0 Å². The summed E-state index contributed by atoms with van der Waals surface area (Å²) >= 11 is 0. The minimum Gasteiger partial charge on any atom is -0.469 e. The molecule has 2 saturated carbocycles. The predicted molar refractivity (Wildman–Crippen MR) is 143 cm³/mol. The summed E-state index contributed by atoms with van der Waals surface area (Å²) in [6.07, 6.45) is 20.6. The van der Waals surface area contributed by atoms with Crippen LogP contribution < -0.4 is 0 Å². The van der Waals surface area contributed by atoms with Crippen molar-refractivity contribution in [2.45, 2.75) is 165 Å². The van der Waals surface area contributed by atoms with Crippen LogP contribution in [0.15, 0.2) is 0 Å². The summed E-state index contributed by atoms with van der Waals surface area (Å²) < 4.78 is 16.2. The topological polar surface area (TPSA) is 99.1 Å². The second-order valence-corrected chi connectivity index (χ2v) is 11.3. The summed E-state index contributed by atoms with van der Waals surface area (Å²) in [6.45, 7) is 0. The van der Waals surface area contributed by atoms with Crippen molar-refractivity contribution in [3.05, 3.63) is 0 Å². The van der Waals surface area contributed by atoms with Gasteiger partial charge in [0, 0.05) is 0 Å². The molecule has 7 heteroatoms. The van der Waals surface area contributed by atoms with Crippen molar-refractivity contribution in [2.24, 2.45) is 0 Å². The Morgan fingerprint density at radius 3 is 1.27 bits per heavy atom. The fraction of sp³-hybridized carbons (Fsp3) is 0.900. The SMILES string of the molecule is COC(=O)CC(O)(CC(=O)OC1CCCCCCCCCCC1)C(=O)OC1CCCCCCCCCC1. The van der Waals surface area contributed by atoms with Gasteiger partial charge in [0.05, 0.1) is 20.0 Å². The first kappa shape index (κ1) is 31.6. The zero-order valence-electron chi connectivity index (χ0n) is 23.3. The van der Waals surface area contributed by atoms with Gasteiger partial charge in [0.1, 0.15) is 12.2 Å².